The van der Waals surface area contributed by atoms with Crippen LogP contribution in [0.15, 0.2) is 42.5 Å². The summed E-state index contributed by atoms with van der Waals surface area (Å²) in [7, 11) is 1.62. The van der Waals surface area contributed by atoms with E-state index in [9.17, 15) is 4.79 Å². The number of aryl methyl sites for hydroxylation is 2. The van der Waals surface area contributed by atoms with Crippen LogP contribution in [0.4, 0.5) is 0 Å². The maximum Gasteiger partial charge on any atom is 0.261 e. The Morgan fingerprint density at radius 3 is 2.19 bits per heavy atom. The van der Waals surface area contributed by atoms with Gasteiger partial charge in [0.2, 0.25) is 0 Å². The monoisotopic (exact) mass is 357 g/mol. The average Bonchev–Trinajstić information content (AvgIpc) is 2.63. The lowest BCUT2D eigenvalue weighted by molar-refractivity contribution is -0.128. The Morgan fingerprint density at radius 1 is 0.962 bits per heavy atom. The average molecular weight is 357 g/mol. The summed E-state index contributed by atoms with van der Waals surface area (Å²) in [5, 5.41) is 2.91. The topological polar surface area (TPSA) is 56.8 Å². The summed E-state index contributed by atoms with van der Waals surface area (Å²) in [6, 6.07) is 13.0. The summed E-state index contributed by atoms with van der Waals surface area (Å²) in [5.74, 6) is 2.02. The Morgan fingerprint density at radius 2 is 1.58 bits per heavy atom. The van der Waals surface area contributed by atoms with E-state index in [-0.39, 0.29) is 11.9 Å². The van der Waals surface area contributed by atoms with Crippen molar-refractivity contribution in [1.29, 1.82) is 0 Å². The number of nitrogens with one attached hydrogen (secondary N) is 1. The molecule has 0 radical (unpaired) electrons. The van der Waals surface area contributed by atoms with E-state index in [1.807, 2.05) is 63.2 Å². The van der Waals surface area contributed by atoms with Gasteiger partial charge >= 0.3 is 0 Å². The van der Waals surface area contributed by atoms with Gasteiger partial charge in [0, 0.05) is 0 Å². The Hall–Kier alpha value is -2.69. The van der Waals surface area contributed by atoms with Crippen molar-refractivity contribution in [2.24, 2.45) is 0 Å². The highest BCUT2D eigenvalue weighted by Gasteiger charge is 2.17. The number of benzene rings is 2. The molecule has 5 heteroatoms. The van der Waals surface area contributed by atoms with E-state index < -0.39 is 6.10 Å². The molecule has 0 bridgehead atoms. The normalized spacial score (nSPS) is 12.8. The Bertz CT molecular complexity index is 727. The lowest BCUT2D eigenvalue weighted by Gasteiger charge is -2.19. The first-order valence-electron chi connectivity index (χ1n) is 8.70. The van der Waals surface area contributed by atoms with E-state index in [0.717, 1.165) is 17.1 Å². The molecule has 0 unspecified atom stereocenters. The van der Waals surface area contributed by atoms with E-state index in [2.05, 4.69) is 5.32 Å². The van der Waals surface area contributed by atoms with Gasteiger partial charge in [0.05, 0.1) is 13.2 Å². The number of methoxy groups -OCH3 is 1. The molecule has 0 aromatic heterocycles. The minimum absolute atomic E-state index is 0.143. The van der Waals surface area contributed by atoms with Gasteiger partial charge in [-0.15, -0.1) is 0 Å². The molecule has 26 heavy (non-hydrogen) atoms. The molecule has 0 aliphatic rings. The molecular weight excluding hydrogens is 330 g/mol. The van der Waals surface area contributed by atoms with Gasteiger partial charge in [-0.25, -0.2) is 0 Å². The van der Waals surface area contributed by atoms with Gasteiger partial charge in [0.15, 0.2) is 6.10 Å². The van der Waals surface area contributed by atoms with Crippen LogP contribution in [0.25, 0.3) is 0 Å². The maximum absolute atomic E-state index is 12.3. The highest BCUT2D eigenvalue weighted by molar-refractivity contribution is 5.81. The lowest BCUT2D eigenvalue weighted by atomic mass is 10.1. The molecule has 0 aliphatic carbocycles. The highest BCUT2D eigenvalue weighted by atomic mass is 16.5. The largest absolute Gasteiger partial charge is 0.497 e. The van der Waals surface area contributed by atoms with Crippen molar-refractivity contribution in [3.8, 4) is 17.2 Å². The third-order valence-electron chi connectivity index (χ3n) is 4.11. The molecule has 1 N–H and O–H groups in total. The van der Waals surface area contributed by atoms with E-state index in [0.29, 0.717) is 12.4 Å². The molecule has 2 atom stereocenters. The summed E-state index contributed by atoms with van der Waals surface area (Å²) in [5.41, 5.74) is 2.33. The van der Waals surface area contributed by atoms with Crippen molar-refractivity contribution < 1.29 is 19.0 Å². The van der Waals surface area contributed by atoms with Gasteiger partial charge in [-0.05, 0) is 75.2 Å². The van der Waals surface area contributed by atoms with Crippen molar-refractivity contribution in [3.63, 3.8) is 0 Å². The van der Waals surface area contributed by atoms with Gasteiger partial charge in [0.25, 0.3) is 5.91 Å². The first-order valence-corrected chi connectivity index (χ1v) is 8.70. The summed E-state index contributed by atoms with van der Waals surface area (Å²) >= 11 is 0. The first-order chi connectivity index (χ1) is 12.4. The zero-order chi connectivity index (χ0) is 19.1. The predicted molar refractivity (Wildman–Crippen MR) is 102 cm³/mol. The predicted octanol–water partition coefficient (Wildman–Crippen LogP) is 3.66. The zero-order valence-electron chi connectivity index (χ0n) is 16.0. The summed E-state index contributed by atoms with van der Waals surface area (Å²) in [4.78, 5) is 12.3. The first kappa shape index (κ1) is 19.6. The smallest absolute Gasteiger partial charge is 0.261 e. The Balaban J connectivity index is 1.80. The highest BCUT2D eigenvalue weighted by Crippen LogP contribution is 2.18. The molecule has 2 aromatic rings. The van der Waals surface area contributed by atoms with Gasteiger partial charge in [-0.3, -0.25) is 4.79 Å². The van der Waals surface area contributed by atoms with Crippen LogP contribution in [0.3, 0.4) is 0 Å². The van der Waals surface area contributed by atoms with Crippen LogP contribution in [0.1, 0.15) is 25.0 Å². The molecule has 5 nitrogen and oxygen atoms in total. The molecule has 140 valence electrons. The van der Waals surface area contributed by atoms with Crippen LogP contribution in [-0.2, 0) is 4.79 Å². The van der Waals surface area contributed by atoms with E-state index in [1.54, 1.807) is 14.0 Å². The standard InChI is InChI=1S/C21H27NO4/c1-14-6-7-20(12-15(14)2)26-17(4)21(23)22-16(3)13-25-19-10-8-18(24-5)9-11-19/h6-12,16-17H,13H2,1-5H3,(H,22,23)/t16-,17-/m1/s1. The fourth-order valence-electron chi connectivity index (χ4n) is 2.34. The third-order valence-corrected chi connectivity index (χ3v) is 4.11. The van der Waals surface area contributed by atoms with E-state index >= 15 is 0 Å². The quantitative estimate of drug-likeness (QED) is 0.783. The van der Waals surface area contributed by atoms with Crippen molar-refractivity contribution in [1.82, 2.24) is 5.32 Å². The van der Waals surface area contributed by atoms with Gasteiger partial charge in [-0.2, -0.15) is 0 Å². The summed E-state index contributed by atoms with van der Waals surface area (Å²) < 4.78 is 16.5. The second-order valence-corrected chi connectivity index (χ2v) is 6.40. The Labute approximate surface area is 155 Å². The molecule has 0 spiro atoms. The second-order valence-electron chi connectivity index (χ2n) is 6.40. The SMILES string of the molecule is COc1ccc(OC[C@@H](C)NC(=O)[C@@H](C)Oc2ccc(C)c(C)c2)cc1. The number of ether oxygens (including phenoxy) is 3. The van der Waals surface area contributed by atoms with Crippen LogP contribution >= 0.6 is 0 Å². The van der Waals surface area contributed by atoms with Crippen molar-refractivity contribution in [2.75, 3.05) is 13.7 Å². The van der Waals surface area contributed by atoms with Gasteiger partial charge in [-0.1, -0.05) is 6.07 Å². The number of carbonyl (C=O) groups is 1. The van der Waals surface area contributed by atoms with Crippen molar-refractivity contribution in [3.05, 3.63) is 53.6 Å². The molecule has 0 fully saturated rings. The number of amides is 1. The summed E-state index contributed by atoms with van der Waals surface area (Å²) in [6.07, 6.45) is -0.583. The molecular formula is C21H27NO4. The van der Waals surface area contributed by atoms with Crippen LogP contribution in [-0.4, -0.2) is 31.8 Å². The molecule has 1 amide bonds. The van der Waals surface area contributed by atoms with Gasteiger partial charge < -0.3 is 19.5 Å². The molecule has 0 heterocycles. The molecule has 0 saturated heterocycles. The fourth-order valence-corrected chi connectivity index (χ4v) is 2.34. The van der Waals surface area contributed by atoms with Crippen LogP contribution < -0.4 is 19.5 Å². The van der Waals surface area contributed by atoms with Crippen molar-refractivity contribution in [2.45, 2.75) is 39.8 Å². The minimum Gasteiger partial charge on any atom is -0.497 e. The van der Waals surface area contributed by atoms with E-state index in [4.69, 9.17) is 14.2 Å². The number of carbonyl (C=O) groups excluding carboxylic acids is 1. The van der Waals surface area contributed by atoms with Crippen LogP contribution in [0.5, 0.6) is 17.2 Å². The Kier molecular flexibility index (Phi) is 6.89. The number of hydrogen-bond donors (Lipinski definition) is 1. The second kappa shape index (κ2) is 9.13. The van der Waals surface area contributed by atoms with E-state index in [1.165, 1.54) is 5.56 Å². The summed E-state index contributed by atoms with van der Waals surface area (Å²) in [6.45, 7) is 8.06. The van der Waals surface area contributed by atoms with Gasteiger partial charge in [0.1, 0.15) is 23.9 Å². The van der Waals surface area contributed by atoms with Crippen LogP contribution in [0.2, 0.25) is 0 Å². The minimum atomic E-state index is -0.583. The number of rotatable bonds is 8. The van der Waals surface area contributed by atoms with Crippen molar-refractivity contribution >= 4 is 5.91 Å². The third kappa shape index (κ3) is 5.69. The fraction of sp³-hybridized carbons (Fsp3) is 0.381. The lowest BCUT2D eigenvalue weighted by Crippen LogP contribution is -2.43. The van der Waals surface area contributed by atoms with Crippen LogP contribution in [0, 0.1) is 13.8 Å². The molecule has 2 rings (SSSR count). The zero-order valence-corrected chi connectivity index (χ0v) is 16.0. The maximum atomic E-state index is 12.3. The molecule has 0 saturated carbocycles. The number of hydrogen-bond acceptors (Lipinski definition) is 4. The molecule has 2 aromatic carbocycles. The molecule has 0 aliphatic heterocycles.